The number of hydrogen-bond acceptors (Lipinski definition) is 3. The molecule has 0 radical (unpaired) electrons. The number of hydrogen-bond donors (Lipinski definition) is 2. The lowest BCUT2D eigenvalue weighted by Crippen LogP contribution is -2.49. The van der Waals surface area contributed by atoms with Crippen LogP contribution in [0.1, 0.15) is 36.1 Å². The van der Waals surface area contributed by atoms with Gasteiger partial charge in [0, 0.05) is 50.1 Å². The summed E-state index contributed by atoms with van der Waals surface area (Å²) in [6.45, 7) is 6.08. The van der Waals surface area contributed by atoms with Crippen LogP contribution in [0.2, 0.25) is 0 Å². The number of nitrogens with zero attached hydrogens (tertiary/aromatic N) is 2. The van der Waals surface area contributed by atoms with Gasteiger partial charge in [0.05, 0.1) is 0 Å². The van der Waals surface area contributed by atoms with Crippen molar-refractivity contribution in [3.05, 3.63) is 58.0 Å². The van der Waals surface area contributed by atoms with Crippen LogP contribution >= 0.6 is 35.3 Å². The second kappa shape index (κ2) is 11.7. The molecule has 2 heterocycles. The van der Waals surface area contributed by atoms with Crippen molar-refractivity contribution in [1.29, 1.82) is 0 Å². The monoisotopic (exact) mass is 516 g/mol. The third-order valence-electron chi connectivity index (χ3n) is 5.08. The van der Waals surface area contributed by atoms with E-state index in [2.05, 4.69) is 45.0 Å². The fraction of sp³-hybridized carbons (Fsp3) is 0.476. The summed E-state index contributed by atoms with van der Waals surface area (Å²) in [6, 6.07) is 11.6. The molecule has 2 N–H and O–H groups in total. The smallest absolute Gasteiger partial charge is 0.191 e. The highest BCUT2D eigenvalue weighted by molar-refractivity contribution is 14.0. The fourth-order valence-corrected chi connectivity index (χ4v) is 4.18. The molecule has 4 nitrogen and oxygen atoms in total. The average molecular weight is 516 g/mol. The molecule has 2 aromatic rings. The number of benzene rings is 1. The van der Waals surface area contributed by atoms with Crippen molar-refractivity contribution in [2.45, 2.75) is 38.3 Å². The summed E-state index contributed by atoms with van der Waals surface area (Å²) in [6.07, 6.45) is 2.17. The quantitative estimate of drug-likeness (QED) is 0.339. The largest absolute Gasteiger partial charge is 0.356 e. The molecule has 1 aromatic carbocycles. The first kappa shape index (κ1) is 23.1. The van der Waals surface area contributed by atoms with E-state index in [9.17, 15) is 4.39 Å². The van der Waals surface area contributed by atoms with Crippen LogP contribution in [0.25, 0.3) is 0 Å². The van der Waals surface area contributed by atoms with Crippen LogP contribution in [0.4, 0.5) is 4.39 Å². The molecule has 1 unspecified atom stereocenters. The molecule has 3 rings (SSSR count). The standard InChI is InChI=1S/C21H29FN4S.HI/c1-16(20-4-3-13-27-20)14-24-21(23-2)25-19-9-11-26(12-10-19)15-17-5-7-18(22)8-6-17;/h3-8,13,16,19H,9-12,14-15H2,1-2H3,(H2,23,24,25);1H. The minimum absolute atomic E-state index is 0. The van der Waals surface area contributed by atoms with E-state index in [-0.39, 0.29) is 29.8 Å². The van der Waals surface area contributed by atoms with Crippen molar-refractivity contribution in [2.75, 3.05) is 26.7 Å². The van der Waals surface area contributed by atoms with Crippen molar-refractivity contribution in [3.8, 4) is 0 Å². The third kappa shape index (κ3) is 7.00. The number of halogens is 2. The van der Waals surface area contributed by atoms with E-state index in [0.717, 1.165) is 45.0 Å². The number of nitrogens with one attached hydrogen (secondary N) is 2. The first-order valence-electron chi connectivity index (χ1n) is 9.61. The van der Waals surface area contributed by atoms with Crippen LogP contribution in [0.5, 0.6) is 0 Å². The second-order valence-corrected chi connectivity index (χ2v) is 8.17. The van der Waals surface area contributed by atoms with Crippen molar-refractivity contribution >= 4 is 41.3 Å². The molecule has 1 aliphatic rings. The Hall–Kier alpha value is -1.19. The lowest BCUT2D eigenvalue weighted by Gasteiger charge is -2.33. The van der Waals surface area contributed by atoms with Gasteiger partial charge in [0.15, 0.2) is 5.96 Å². The molecule has 0 spiro atoms. The Balaban J connectivity index is 0.00000280. The lowest BCUT2D eigenvalue weighted by atomic mass is 10.0. The zero-order chi connectivity index (χ0) is 19.1. The number of guanidine groups is 1. The molecule has 0 aliphatic carbocycles. The van der Waals surface area contributed by atoms with Gasteiger partial charge in [-0.05, 0) is 42.0 Å². The average Bonchev–Trinajstić information content (AvgIpc) is 3.23. The van der Waals surface area contributed by atoms with E-state index in [1.807, 2.05) is 19.2 Å². The first-order chi connectivity index (χ1) is 13.1. The summed E-state index contributed by atoms with van der Waals surface area (Å²) >= 11 is 1.80. The molecular weight excluding hydrogens is 486 g/mol. The molecule has 0 bridgehead atoms. The first-order valence-corrected chi connectivity index (χ1v) is 10.5. The number of piperidine rings is 1. The molecule has 1 atom stereocenters. The van der Waals surface area contributed by atoms with E-state index < -0.39 is 0 Å². The fourth-order valence-electron chi connectivity index (χ4n) is 3.39. The van der Waals surface area contributed by atoms with Crippen molar-refractivity contribution in [1.82, 2.24) is 15.5 Å². The minimum atomic E-state index is -0.172. The van der Waals surface area contributed by atoms with E-state index >= 15 is 0 Å². The van der Waals surface area contributed by atoms with Crippen LogP contribution in [0.15, 0.2) is 46.8 Å². The van der Waals surface area contributed by atoms with Crippen LogP contribution in [-0.2, 0) is 6.54 Å². The summed E-state index contributed by atoms with van der Waals surface area (Å²) < 4.78 is 13.0. The molecule has 0 saturated carbocycles. The Kier molecular flexibility index (Phi) is 9.67. The van der Waals surface area contributed by atoms with Crippen molar-refractivity contribution in [3.63, 3.8) is 0 Å². The van der Waals surface area contributed by atoms with E-state index in [0.29, 0.717) is 12.0 Å². The van der Waals surface area contributed by atoms with Gasteiger partial charge < -0.3 is 10.6 Å². The molecule has 28 heavy (non-hydrogen) atoms. The maximum atomic E-state index is 13.0. The van der Waals surface area contributed by atoms with Crippen LogP contribution in [0, 0.1) is 5.82 Å². The second-order valence-electron chi connectivity index (χ2n) is 7.19. The van der Waals surface area contributed by atoms with E-state index in [1.165, 1.54) is 22.6 Å². The van der Waals surface area contributed by atoms with Gasteiger partial charge in [0.2, 0.25) is 0 Å². The number of likely N-dealkylation sites (tertiary alicyclic amines) is 1. The summed E-state index contributed by atoms with van der Waals surface area (Å²) in [5, 5.41) is 9.15. The van der Waals surface area contributed by atoms with Gasteiger partial charge in [-0.25, -0.2) is 4.39 Å². The van der Waals surface area contributed by atoms with Gasteiger partial charge >= 0.3 is 0 Å². The molecule has 1 fully saturated rings. The minimum Gasteiger partial charge on any atom is -0.356 e. The van der Waals surface area contributed by atoms with Crippen LogP contribution < -0.4 is 10.6 Å². The maximum Gasteiger partial charge on any atom is 0.191 e. The Bertz CT molecular complexity index is 713. The molecule has 0 amide bonds. The molecule has 154 valence electrons. The zero-order valence-corrected chi connectivity index (χ0v) is 19.7. The predicted octanol–water partition coefficient (Wildman–Crippen LogP) is 4.44. The molecule has 7 heteroatoms. The molecule has 1 aliphatic heterocycles. The normalized spacial score (nSPS) is 17.0. The highest BCUT2D eigenvalue weighted by Gasteiger charge is 2.20. The lowest BCUT2D eigenvalue weighted by molar-refractivity contribution is 0.198. The van der Waals surface area contributed by atoms with Gasteiger partial charge in [-0.2, -0.15) is 0 Å². The van der Waals surface area contributed by atoms with E-state index in [4.69, 9.17) is 0 Å². The topological polar surface area (TPSA) is 39.7 Å². The Morgan fingerprint density at radius 3 is 2.57 bits per heavy atom. The number of rotatable bonds is 6. The molecule has 1 saturated heterocycles. The van der Waals surface area contributed by atoms with Crippen molar-refractivity contribution in [2.24, 2.45) is 4.99 Å². The zero-order valence-electron chi connectivity index (χ0n) is 16.5. The number of aliphatic imine (C=N–C) groups is 1. The van der Waals surface area contributed by atoms with Gasteiger partial charge in [0.25, 0.3) is 0 Å². The highest BCUT2D eigenvalue weighted by atomic mass is 127. The summed E-state index contributed by atoms with van der Waals surface area (Å²) in [5.74, 6) is 1.19. The molecular formula is C21H30FIN4S. The van der Waals surface area contributed by atoms with Crippen LogP contribution in [-0.4, -0.2) is 43.6 Å². The summed E-state index contributed by atoms with van der Waals surface area (Å²) in [5.41, 5.74) is 1.17. The Labute approximate surface area is 188 Å². The SMILES string of the molecule is CN=C(NCC(C)c1cccs1)NC1CCN(Cc2ccc(F)cc2)CC1.I. The Morgan fingerprint density at radius 2 is 1.96 bits per heavy atom. The van der Waals surface area contributed by atoms with Crippen molar-refractivity contribution < 1.29 is 4.39 Å². The number of thiophene rings is 1. The van der Waals surface area contributed by atoms with E-state index in [1.54, 1.807) is 11.3 Å². The Morgan fingerprint density at radius 1 is 1.25 bits per heavy atom. The molecule has 1 aromatic heterocycles. The van der Waals surface area contributed by atoms with Gasteiger partial charge in [-0.15, -0.1) is 35.3 Å². The van der Waals surface area contributed by atoms with Crippen LogP contribution in [0.3, 0.4) is 0 Å². The van der Waals surface area contributed by atoms with Gasteiger partial charge in [-0.1, -0.05) is 25.1 Å². The van der Waals surface area contributed by atoms with Gasteiger partial charge in [0.1, 0.15) is 5.82 Å². The highest BCUT2D eigenvalue weighted by Crippen LogP contribution is 2.19. The van der Waals surface area contributed by atoms with Gasteiger partial charge in [-0.3, -0.25) is 9.89 Å². The summed E-state index contributed by atoms with van der Waals surface area (Å²) in [7, 11) is 1.83. The third-order valence-corrected chi connectivity index (χ3v) is 6.18. The predicted molar refractivity (Wildman–Crippen MR) is 127 cm³/mol. The maximum absolute atomic E-state index is 13.0. The summed E-state index contributed by atoms with van der Waals surface area (Å²) in [4.78, 5) is 8.21.